The highest BCUT2D eigenvalue weighted by Crippen LogP contribution is 2.29. The van der Waals surface area contributed by atoms with E-state index in [0.717, 1.165) is 22.8 Å². The number of rotatable bonds is 3. The maximum absolute atomic E-state index is 6.11. The summed E-state index contributed by atoms with van der Waals surface area (Å²) in [6, 6.07) is 5.78. The molecule has 0 aliphatic carbocycles. The van der Waals surface area contributed by atoms with Crippen molar-refractivity contribution in [3.05, 3.63) is 35.9 Å². The number of anilines is 1. The average Bonchev–Trinajstić information content (AvgIpc) is 2.64. The Balaban J connectivity index is 2.52. The summed E-state index contributed by atoms with van der Waals surface area (Å²) in [7, 11) is 0. The second-order valence-corrected chi connectivity index (χ2v) is 3.91. The third-order valence-electron chi connectivity index (χ3n) is 2.85. The normalized spacial score (nSPS) is 10.5. The molecule has 2 N–H and O–H groups in total. The van der Waals surface area contributed by atoms with Gasteiger partial charge in [0.1, 0.15) is 5.75 Å². The molecule has 0 aliphatic heterocycles. The van der Waals surface area contributed by atoms with E-state index in [-0.39, 0.29) is 0 Å². The van der Waals surface area contributed by atoms with E-state index in [2.05, 4.69) is 4.98 Å². The first-order valence-corrected chi connectivity index (χ1v) is 5.67. The lowest BCUT2D eigenvalue weighted by atomic mass is 10.2. The largest absolute Gasteiger partial charge is 0.492 e. The zero-order valence-corrected chi connectivity index (χ0v) is 10.4. The number of aromatic nitrogens is 2. The number of nitrogens with two attached hydrogens (primary N) is 1. The third-order valence-corrected chi connectivity index (χ3v) is 2.85. The van der Waals surface area contributed by atoms with Gasteiger partial charge >= 0.3 is 0 Å². The van der Waals surface area contributed by atoms with E-state index >= 15 is 0 Å². The lowest BCUT2D eigenvalue weighted by Gasteiger charge is -2.13. The van der Waals surface area contributed by atoms with Crippen LogP contribution >= 0.6 is 0 Å². The van der Waals surface area contributed by atoms with Crippen LogP contribution in [-0.4, -0.2) is 16.2 Å². The van der Waals surface area contributed by atoms with E-state index < -0.39 is 0 Å². The number of imidazole rings is 1. The summed E-state index contributed by atoms with van der Waals surface area (Å²) in [5.74, 6) is 0.718. The first kappa shape index (κ1) is 11.5. The van der Waals surface area contributed by atoms with Gasteiger partial charge in [-0.2, -0.15) is 0 Å². The molecule has 2 aromatic rings. The smallest absolute Gasteiger partial charge is 0.144 e. The van der Waals surface area contributed by atoms with E-state index in [0.29, 0.717) is 12.3 Å². The Bertz CT molecular complexity index is 531. The van der Waals surface area contributed by atoms with E-state index in [1.165, 1.54) is 0 Å². The molecule has 0 bridgehead atoms. The molecule has 0 saturated heterocycles. The standard InChI is InChI=1S/C13H17N3O/c1-4-17-12-7-5-6-11(13(12)14)16-8-15-9(2)10(16)3/h5-8H,4,14H2,1-3H3. The van der Waals surface area contributed by atoms with Gasteiger partial charge in [0, 0.05) is 5.69 Å². The number of hydrogen-bond acceptors (Lipinski definition) is 3. The second kappa shape index (κ2) is 4.49. The van der Waals surface area contributed by atoms with Crippen LogP contribution in [-0.2, 0) is 0 Å². The lowest BCUT2D eigenvalue weighted by Crippen LogP contribution is -2.03. The fourth-order valence-corrected chi connectivity index (χ4v) is 1.77. The van der Waals surface area contributed by atoms with Gasteiger partial charge in [0.05, 0.1) is 30.0 Å². The highest BCUT2D eigenvalue weighted by Gasteiger charge is 2.10. The van der Waals surface area contributed by atoms with Gasteiger partial charge in [0.2, 0.25) is 0 Å². The van der Waals surface area contributed by atoms with Gasteiger partial charge in [0.25, 0.3) is 0 Å². The maximum Gasteiger partial charge on any atom is 0.144 e. The summed E-state index contributed by atoms with van der Waals surface area (Å²) < 4.78 is 7.47. The molecule has 90 valence electrons. The molecule has 0 unspecified atom stereocenters. The van der Waals surface area contributed by atoms with E-state index in [9.17, 15) is 0 Å². The quantitative estimate of drug-likeness (QED) is 0.825. The van der Waals surface area contributed by atoms with Crippen LogP contribution in [0.15, 0.2) is 24.5 Å². The Kier molecular flexibility index (Phi) is 3.04. The number of hydrogen-bond donors (Lipinski definition) is 1. The Hall–Kier alpha value is -1.97. The third kappa shape index (κ3) is 1.98. The van der Waals surface area contributed by atoms with Gasteiger partial charge in [-0.1, -0.05) is 6.07 Å². The van der Waals surface area contributed by atoms with Gasteiger partial charge in [-0.05, 0) is 32.9 Å². The Morgan fingerprint density at radius 3 is 2.71 bits per heavy atom. The van der Waals surface area contributed by atoms with Crippen LogP contribution in [0.3, 0.4) is 0 Å². The van der Waals surface area contributed by atoms with Crippen molar-refractivity contribution in [2.24, 2.45) is 0 Å². The molecule has 0 fully saturated rings. The summed E-state index contributed by atoms with van der Waals surface area (Å²) >= 11 is 0. The van der Waals surface area contributed by atoms with E-state index in [4.69, 9.17) is 10.5 Å². The van der Waals surface area contributed by atoms with Crippen LogP contribution in [0, 0.1) is 13.8 Å². The maximum atomic E-state index is 6.11. The summed E-state index contributed by atoms with van der Waals surface area (Å²) in [5, 5.41) is 0. The van der Waals surface area contributed by atoms with Crippen molar-refractivity contribution < 1.29 is 4.74 Å². The van der Waals surface area contributed by atoms with Crippen LogP contribution in [0.5, 0.6) is 5.75 Å². The molecule has 1 heterocycles. The molecule has 2 rings (SSSR count). The van der Waals surface area contributed by atoms with Gasteiger partial charge in [-0.3, -0.25) is 0 Å². The number of aryl methyl sites for hydroxylation is 1. The molecule has 4 heteroatoms. The minimum atomic E-state index is 0.607. The first-order chi connectivity index (χ1) is 8.15. The molecule has 1 aromatic heterocycles. The molecular weight excluding hydrogens is 214 g/mol. The van der Waals surface area contributed by atoms with Crippen molar-refractivity contribution in [1.29, 1.82) is 0 Å². The fraction of sp³-hybridized carbons (Fsp3) is 0.308. The number of ether oxygens (including phenoxy) is 1. The highest BCUT2D eigenvalue weighted by molar-refractivity contribution is 5.66. The van der Waals surface area contributed by atoms with Crippen molar-refractivity contribution in [2.45, 2.75) is 20.8 Å². The SMILES string of the molecule is CCOc1cccc(-n2cnc(C)c2C)c1N. The van der Waals surface area contributed by atoms with Crippen LogP contribution in [0.1, 0.15) is 18.3 Å². The molecular formula is C13H17N3O. The predicted molar refractivity (Wildman–Crippen MR) is 68.6 cm³/mol. The minimum Gasteiger partial charge on any atom is -0.492 e. The van der Waals surface area contributed by atoms with Gasteiger partial charge in [-0.25, -0.2) is 4.98 Å². The monoisotopic (exact) mass is 231 g/mol. The summed E-state index contributed by atoms with van der Waals surface area (Å²) in [6.07, 6.45) is 1.78. The highest BCUT2D eigenvalue weighted by atomic mass is 16.5. The van der Waals surface area contributed by atoms with Crippen molar-refractivity contribution >= 4 is 5.69 Å². The minimum absolute atomic E-state index is 0.607. The molecule has 0 amide bonds. The molecule has 4 nitrogen and oxygen atoms in total. The van der Waals surface area contributed by atoms with E-state index in [1.807, 2.05) is 43.5 Å². The van der Waals surface area contributed by atoms with Crippen molar-refractivity contribution in [1.82, 2.24) is 9.55 Å². The number of para-hydroxylation sites is 1. The van der Waals surface area contributed by atoms with Crippen molar-refractivity contribution in [3.8, 4) is 11.4 Å². The van der Waals surface area contributed by atoms with Crippen molar-refractivity contribution in [3.63, 3.8) is 0 Å². The predicted octanol–water partition coefficient (Wildman–Crippen LogP) is 2.47. The lowest BCUT2D eigenvalue weighted by molar-refractivity contribution is 0.342. The van der Waals surface area contributed by atoms with Gasteiger partial charge in [0.15, 0.2) is 0 Å². The number of nitrogen functional groups attached to an aromatic ring is 1. The first-order valence-electron chi connectivity index (χ1n) is 5.67. The van der Waals surface area contributed by atoms with Crippen LogP contribution in [0.25, 0.3) is 5.69 Å². The van der Waals surface area contributed by atoms with Gasteiger partial charge in [-0.15, -0.1) is 0 Å². The summed E-state index contributed by atoms with van der Waals surface area (Å²) in [4.78, 5) is 4.28. The molecule has 1 aromatic carbocycles. The topological polar surface area (TPSA) is 53.1 Å². The molecule has 0 saturated carbocycles. The van der Waals surface area contributed by atoms with E-state index in [1.54, 1.807) is 6.33 Å². The Labute approximate surface area is 101 Å². The molecule has 0 atom stereocenters. The molecule has 0 aliphatic rings. The van der Waals surface area contributed by atoms with Crippen LogP contribution in [0.4, 0.5) is 5.69 Å². The Morgan fingerprint density at radius 2 is 2.12 bits per heavy atom. The van der Waals surface area contributed by atoms with Crippen molar-refractivity contribution in [2.75, 3.05) is 12.3 Å². The Morgan fingerprint density at radius 1 is 1.35 bits per heavy atom. The van der Waals surface area contributed by atoms with Crippen LogP contribution in [0.2, 0.25) is 0 Å². The van der Waals surface area contributed by atoms with Gasteiger partial charge < -0.3 is 15.0 Å². The van der Waals surface area contributed by atoms with Crippen LogP contribution < -0.4 is 10.5 Å². The summed E-state index contributed by atoms with van der Waals surface area (Å²) in [5.41, 5.74) is 9.76. The second-order valence-electron chi connectivity index (χ2n) is 3.91. The molecule has 0 spiro atoms. The molecule has 17 heavy (non-hydrogen) atoms. The fourth-order valence-electron chi connectivity index (χ4n) is 1.77. The average molecular weight is 231 g/mol. The zero-order valence-electron chi connectivity index (χ0n) is 10.4. The molecule has 0 radical (unpaired) electrons. The zero-order chi connectivity index (χ0) is 12.4. The number of nitrogens with zero attached hydrogens (tertiary/aromatic N) is 2. The number of benzene rings is 1. The summed E-state index contributed by atoms with van der Waals surface area (Å²) in [6.45, 7) is 6.55.